The number of carbonyl (C=O) groups is 1. The average molecular weight is 344 g/mol. The van der Waals surface area contributed by atoms with Gasteiger partial charge in [0.2, 0.25) is 0 Å². The lowest BCUT2D eigenvalue weighted by molar-refractivity contribution is 0.0945. The number of benzene rings is 1. The number of aromatic nitrogens is 5. The highest BCUT2D eigenvalue weighted by Gasteiger charge is 2.13. The third-order valence-electron chi connectivity index (χ3n) is 3.11. The second-order valence-electron chi connectivity index (χ2n) is 5.22. The highest BCUT2D eigenvalue weighted by Crippen LogP contribution is 2.22. The van der Waals surface area contributed by atoms with Gasteiger partial charge in [0.05, 0.1) is 25.4 Å². The highest BCUT2D eigenvalue weighted by molar-refractivity contribution is 7.14. The van der Waals surface area contributed by atoms with Crippen LogP contribution in [-0.2, 0) is 13.1 Å². The maximum atomic E-state index is 12.1. The summed E-state index contributed by atoms with van der Waals surface area (Å²) in [5.41, 5.74) is 1.19. The summed E-state index contributed by atoms with van der Waals surface area (Å²) in [5, 5.41) is 29.4. The molecular formula is C15H16N6O2S. The first-order chi connectivity index (χ1) is 11.6. The molecule has 124 valence electrons. The van der Waals surface area contributed by atoms with Crippen molar-refractivity contribution in [1.29, 1.82) is 0 Å². The molecule has 0 saturated carbocycles. The third kappa shape index (κ3) is 4.00. The lowest BCUT2D eigenvalue weighted by Gasteiger charge is -2.01. The van der Waals surface area contributed by atoms with Crippen molar-refractivity contribution in [2.45, 2.75) is 26.1 Å². The molecule has 2 N–H and O–H groups in total. The van der Waals surface area contributed by atoms with E-state index in [0.29, 0.717) is 5.01 Å². The molecule has 0 fully saturated rings. The second-order valence-corrected chi connectivity index (χ2v) is 6.29. The number of aliphatic hydroxyl groups excluding tert-OH is 1. The summed E-state index contributed by atoms with van der Waals surface area (Å²) >= 11 is 1.43. The van der Waals surface area contributed by atoms with Crippen molar-refractivity contribution in [2.24, 2.45) is 0 Å². The minimum absolute atomic E-state index is 0.198. The van der Waals surface area contributed by atoms with E-state index in [1.807, 2.05) is 30.3 Å². The molecule has 3 rings (SSSR count). The smallest absolute Gasteiger partial charge is 0.273 e. The number of nitrogens with one attached hydrogen (secondary N) is 1. The first kappa shape index (κ1) is 16.2. The minimum Gasteiger partial charge on any atom is -0.391 e. The normalized spacial score (nSPS) is 12.1. The quantitative estimate of drug-likeness (QED) is 0.694. The Morgan fingerprint density at radius 1 is 1.29 bits per heavy atom. The van der Waals surface area contributed by atoms with E-state index in [0.717, 1.165) is 10.6 Å². The number of rotatable bonds is 6. The van der Waals surface area contributed by atoms with E-state index in [9.17, 15) is 9.90 Å². The number of aliphatic hydroxyl groups is 1. The Hall–Kier alpha value is -2.65. The molecule has 8 nitrogen and oxygen atoms in total. The van der Waals surface area contributed by atoms with Crippen molar-refractivity contribution in [1.82, 2.24) is 30.5 Å². The molecular weight excluding hydrogens is 328 g/mol. The summed E-state index contributed by atoms with van der Waals surface area (Å²) < 4.78 is 1.43. The van der Waals surface area contributed by atoms with E-state index in [2.05, 4.69) is 25.8 Å². The first-order valence-corrected chi connectivity index (χ1v) is 8.17. The van der Waals surface area contributed by atoms with Gasteiger partial charge in [-0.25, -0.2) is 4.68 Å². The fourth-order valence-corrected chi connectivity index (χ4v) is 2.82. The summed E-state index contributed by atoms with van der Waals surface area (Å²) in [6.45, 7) is 2.20. The molecule has 24 heavy (non-hydrogen) atoms. The molecule has 2 heterocycles. The predicted molar refractivity (Wildman–Crippen MR) is 88.2 cm³/mol. The SMILES string of the molecule is C[C@@H](O)Cn1cc(C(=O)NCc2nnc(-c3ccccc3)s2)nn1. The monoisotopic (exact) mass is 344 g/mol. The molecule has 0 unspecified atom stereocenters. The van der Waals surface area contributed by atoms with Gasteiger partial charge < -0.3 is 10.4 Å². The largest absolute Gasteiger partial charge is 0.391 e. The van der Waals surface area contributed by atoms with Gasteiger partial charge in [0.1, 0.15) is 10.0 Å². The Morgan fingerprint density at radius 3 is 2.83 bits per heavy atom. The van der Waals surface area contributed by atoms with E-state index in [-0.39, 0.29) is 24.7 Å². The fraction of sp³-hybridized carbons (Fsp3) is 0.267. The number of nitrogens with zero attached hydrogens (tertiary/aromatic N) is 5. The van der Waals surface area contributed by atoms with Crippen molar-refractivity contribution in [3.05, 3.63) is 47.2 Å². The number of hydrogen-bond donors (Lipinski definition) is 2. The summed E-state index contributed by atoms with van der Waals surface area (Å²) in [6.07, 6.45) is 0.942. The van der Waals surface area contributed by atoms with Crippen LogP contribution >= 0.6 is 11.3 Å². The average Bonchev–Trinajstić information content (AvgIpc) is 3.22. The van der Waals surface area contributed by atoms with Gasteiger partial charge in [-0.15, -0.1) is 15.3 Å². The lowest BCUT2D eigenvalue weighted by atomic mass is 10.2. The van der Waals surface area contributed by atoms with Crippen LogP contribution in [-0.4, -0.2) is 42.3 Å². The highest BCUT2D eigenvalue weighted by atomic mass is 32.1. The molecule has 0 aliphatic heterocycles. The molecule has 1 aromatic carbocycles. The van der Waals surface area contributed by atoms with E-state index in [4.69, 9.17) is 0 Å². The molecule has 2 aromatic heterocycles. The third-order valence-corrected chi connectivity index (χ3v) is 4.08. The van der Waals surface area contributed by atoms with Gasteiger partial charge in [0, 0.05) is 5.56 Å². The maximum absolute atomic E-state index is 12.1. The number of carbonyl (C=O) groups excluding carboxylic acids is 1. The molecule has 0 aliphatic carbocycles. The minimum atomic E-state index is -0.555. The summed E-state index contributed by atoms with van der Waals surface area (Å²) in [4.78, 5) is 12.1. The Morgan fingerprint density at radius 2 is 2.08 bits per heavy atom. The molecule has 9 heteroatoms. The van der Waals surface area contributed by atoms with Gasteiger partial charge in [-0.2, -0.15) is 0 Å². The van der Waals surface area contributed by atoms with Gasteiger partial charge in [0.25, 0.3) is 5.91 Å². The van der Waals surface area contributed by atoms with Crippen LogP contribution in [0.15, 0.2) is 36.5 Å². The van der Waals surface area contributed by atoms with Crippen molar-refractivity contribution in [3.8, 4) is 10.6 Å². The van der Waals surface area contributed by atoms with Crippen LogP contribution in [0.25, 0.3) is 10.6 Å². The Balaban J connectivity index is 1.59. The standard InChI is InChI=1S/C15H16N6O2S/c1-10(22)8-21-9-12(17-20-21)14(23)16-7-13-18-19-15(24-13)11-5-3-2-4-6-11/h2-6,9-10,22H,7-8H2,1H3,(H,16,23)/t10-/m1/s1. The predicted octanol–water partition coefficient (Wildman–Crippen LogP) is 1.11. The second kappa shape index (κ2) is 7.28. The zero-order valence-electron chi connectivity index (χ0n) is 13.0. The summed E-state index contributed by atoms with van der Waals surface area (Å²) in [6, 6.07) is 9.74. The molecule has 1 amide bonds. The van der Waals surface area contributed by atoms with Crippen molar-refractivity contribution >= 4 is 17.2 Å². The van der Waals surface area contributed by atoms with Gasteiger partial charge in [0.15, 0.2) is 5.69 Å². The van der Waals surface area contributed by atoms with Crippen LogP contribution in [0.4, 0.5) is 0 Å². The molecule has 0 saturated heterocycles. The van der Waals surface area contributed by atoms with E-state index in [1.54, 1.807) is 6.92 Å². The number of amides is 1. The van der Waals surface area contributed by atoms with Crippen LogP contribution in [0.5, 0.6) is 0 Å². The summed E-state index contributed by atoms with van der Waals surface area (Å²) in [5.74, 6) is -0.344. The Labute approximate surface area is 142 Å². The van der Waals surface area contributed by atoms with E-state index >= 15 is 0 Å². The summed E-state index contributed by atoms with van der Waals surface area (Å²) in [7, 11) is 0. The zero-order chi connectivity index (χ0) is 16.9. The molecule has 0 radical (unpaired) electrons. The number of hydrogen-bond acceptors (Lipinski definition) is 7. The van der Waals surface area contributed by atoms with E-state index < -0.39 is 6.10 Å². The van der Waals surface area contributed by atoms with Crippen LogP contribution in [0.2, 0.25) is 0 Å². The fourth-order valence-electron chi connectivity index (χ4n) is 2.03. The van der Waals surface area contributed by atoms with Gasteiger partial charge in [-0.05, 0) is 6.92 Å². The molecule has 0 bridgehead atoms. The van der Waals surface area contributed by atoms with Crippen LogP contribution in [0, 0.1) is 0 Å². The molecule has 1 atom stereocenters. The maximum Gasteiger partial charge on any atom is 0.273 e. The van der Waals surface area contributed by atoms with Crippen molar-refractivity contribution in [3.63, 3.8) is 0 Å². The molecule has 3 aromatic rings. The van der Waals surface area contributed by atoms with Crippen LogP contribution < -0.4 is 5.32 Å². The van der Waals surface area contributed by atoms with E-state index in [1.165, 1.54) is 22.2 Å². The zero-order valence-corrected chi connectivity index (χ0v) is 13.8. The Kier molecular flexibility index (Phi) is 4.92. The van der Waals surface area contributed by atoms with Crippen LogP contribution in [0.1, 0.15) is 22.4 Å². The van der Waals surface area contributed by atoms with Crippen molar-refractivity contribution < 1.29 is 9.90 Å². The first-order valence-electron chi connectivity index (χ1n) is 7.36. The molecule has 0 aliphatic rings. The topological polar surface area (TPSA) is 106 Å². The lowest BCUT2D eigenvalue weighted by Crippen LogP contribution is -2.23. The molecule has 0 spiro atoms. The van der Waals surface area contributed by atoms with Gasteiger partial charge >= 0.3 is 0 Å². The van der Waals surface area contributed by atoms with Gasteiger partial charge in [-0.1, -0.05) is 46.9 Å². The Bertz CT molecular complexity index is 814. The van der Waals surface area contributed by atoms with Crippen molar-refractivity contribution in [2.75, 3.05) is 0 Å². The van der Waals surface area contributed by atoms with Gasteiger partial charge in [-0.3, -0.25) is 4.79 Å². The van der Waals surface area contributed by atoms with Crippen LogP contribution in [0.3, 0.4) is 0 Å².